The Hall–Kier alpha value is -4.86. The van der Waals surface area contributed by atoms with E-state index in [1.165, 1.54) is 6.07 Å². The fourth-order valence-corrected chi connectivity index (χ4v) is 4.20. The normalized spacial score (nSPS) is 11.7. The standard InChI is InChI=1S/C29H31N5O5/c1-4-38-26-16-20(9-12-25(26)39-18(2)3)27(29(35)32-17-21-7-5-6-8-24(21)34(36)37)33-22-10-11-23-19(15-22)13-14-31-28(23)30/h5-16,18,27,33H,4,17H2,1-3H3,(H2,30,31)(H,32,35). The highest BCUT2D eigenvalue weighted by Crippen LogP contribution is 2.33. The summed E-state index contributed by atoms with van der Waals surface area (Å²) in [4.78, 5) is 28.7. The maximum atomic E-state index is 13.6. The van der Waals surface area contributed by atoms with Crippen molar-refractivity contribution in [3.63, 3.8) is 0 Å². The molecule has 10 heteroatoms. The molecule has 1 aromatic heterocycles. The van der Waals surface area contributed by atoms with Crippen molar-refractivity contribution in [2.75, 3.05) is 17.7 Å². The fraction of sp³-hybridized carbons (Fsp3) is 0.241. The number of hydrogen-bond acceptors (Lipinski definition) is 8. The quantitative estimate of drug-likeness (QED) is 0.174. The van der Waals surface area contributed by atoms with Gasteiger partial charge in [0, 0.05) is 35.4 Å². The van der Waals surface area contributed by atoms with E-state index in [1.54, 1.807) is 42.6 Å². The first-order valence-corrected chi connectivity index (χ1v) is 12.6. The number of pyridine rings is 1. The zero-order valence-electron chi connectivity index (χ0n) is 22.0. The molecule has 202 valence electrons. The zero-order valence-corrected chi connectivity index (χ0v) is 22.0. The second-order valence-electron chi connectivity index (χ2n) is 9.12. The van der Waals surface area contributed by atoms with Crippen LogP contribution in [-0.4, -0.2) is 28.5 Å². The van der Waals surface area contributed by atoms with Gasteiger partial charge in [-0.25, -0.2) is 4.98 Å². The highest BCUT2D eigenvalue weighted by molar-refractivity contribution is 5.94. The van der Waals surface area contributed by atoms with E-state index in [4.69, 9.17) is 15.2 Å². The number of para-hydroxylation sites is 1. The number of aromatic nitrogens is 1. The summed E-state index contributed by atoms with van der Waals surface area (Å²) in [6.07, 6.45) is 1.56. The lowest BCUT2D eigenvalue weighted by atomic mass is 10.0. The minimum Gasteiger partial charge on any atom is -0.490 e. The molecule has 0 aliphatic heterocycles. The summed E-state index contributed by atoms with van der Waals surface area (Å²) in [5.74, 6) is 1.13. The van der Waals surface area contributed by atoms with Crippen molar-refractivity contribution in [3.05, 3.63) is 94.2 Å². The van der Waals surface area contributed by atoms with Crippen LogP contribution in [0.1, 0.15) is 37.9 Å². The third-order valence-corrected chi connectivity index (χ3v) is 5.97. The number of carbonyl (C=O) groups excluding carboxylic acids is 1. The number of nitro groups is 1. The third kappa shape index (κ3) is 6.53. The van der Waals surface area contributed by atoms with Crippen LogP contribution in [0.4, 0.5) is 17.2 Å². The Morgan fingerprint density at radius 3 is 2.62 bits per heavy atom. The maximum Gasteiger partial charge on any atom is 0.274 e. The molecule has 0 aliphatic carbocycles. The van der Waals surface area contributed by atoms with Crippen molar-refractivity contribution in [1.29, 1.82) is 0 Å². The summed E-state index contributed by atoms with van der Waals surface area (Å²) in [5, 5.41) is 19.3. The molecule has 0 aliphatic rings. The number of hydrogen-bond donors (Lipinski definition) is 3. The van der Waals surface area contributed by atoms with E-state index in [0.29, 0.717) is 40.7 Å². The minimum absolute atomic E-state index is 0.0129. The smallest absolute Gasteiger partial charge is 0.274 e. The number of nitrogen functional groups attached to an aromatic ring is 1. The van der Waals surface area contributed by atoms with E-state index in [-0.39, 0.29) is 24.2 Å². The molecule has 0 radical (unpaired) electrons. The van der Waals surface area contributed by atoms with Gasteiger partial charge < -0.3 is 25.8 Å². The number of nitrogens with two attached hydrogens (primary N) is 1. The molecule has 1 unspecified atom stereocenters. The highest BCUT2D eigenvalue weighted by Gasteiger charge is 2.24. The molecule has 10 nitrogen and oxygen atoms in total. The molecule has 4 rings (SSSR count). The summed E-state index contributed by atoms with van der Waals surface area (Å²) in [7, 11) is 0. The predicted octanol–water partition coefficient (Wildman–Crippen LogP) is 5.38. The zero-order chi connectivity index (χ0) is 27.9. The number of fused-ring (bicyclic) bond motifs is 1. The Morgan fingerprint density at radius 1 is 1.08 bits per heavy atom. The van der Waals surface area contributed by atoms with Crippen molar-refractivity contribution >= 4 is 33.9 Å². The molecule has 1 amide bonds. The Balaban J connectivity index is 1.68. The van der Waals surface area contributed by atoms with Gasteiger partial charge in [0.2, 0.25) is 5.91 Å². The van der Waals surface area contributed by atoms with Gasteiger partial charge >= 0.3 is 0 Å². The Bertz CT molecular complexity index is 1490. The molecular formula is C29H31N5O5. The summed E-state index contributed by atoms with van der Waals surface area (Å²) in [5.41, 5.74) is 7.65. The second kappa shape index (κ2) is 12.1. The largest absolute Gasteiger partial charge is 0.490 e. The third-order valence-electron chi connectivity index (χ3n) is 5.97. The Kier molecular flexibility index (Phi) is 8.45. The van der Waals surface area contributed by atoms with Gasteiger partial charge in [0.1, 0.15) is 11.9 Å². The molecule has 4 aromatic rings. The fourth-order valence-electron chi connectivity index (χ4n) is 4.20. The average molecular weight is 530 g/mol. The summed E-state index contributed by atoms with van der Waals surface area (Å²) in [6.45, 7) is 6.12. The molecule has 0 bridgehead atoms. The topological polar surface area (TPSA) is 142 Å². The Morgan fingerprint density at radius 2 is 1.87 bits per heavy atom. The number of nitro benzene ring substituents is 1. The average Bonchev–Trinajstić information content (AvgIpc) is 2.91. The molecule has 1 heterocycles. The lowest BCUT2D eigenvalue weighted by Crippen LogP contribution is -2.33. The lowest BCUT2D eigenvalue weighted by Gasteiger charge is -2.22. The monoisotopic (exact) mass is 529 g/mol. The van der Waals surface area contributed by atoms with Crippen molar-refractivity contribution < 1.29 is 19.2 Å². The van der Waals surface area contributed by atoms with E-state index < -0.39 is 11.0 Å². The minimum atomic E-state index is -0.850. The number of ether oxygens (including phenoxy) is 2. The van der Waals surface area contributed by atoms with Gasteiger partial charge in [-0.05, 0) is 68.1 Å². The van der Waals surface area contributed by atoms with Crippen LogP contribution in [0.15, 0.2) is 72.9 Å². The first-order chi connectivity index (χ1) is 18.8. The summed E-state index contributed by atoms with van der Waals surface area (Å²) >= 11 is 0. The van der Waals surface area contributed by atoms with Crippen LogP contribution in [0.5, 0.6) is 11.5 Å². The molecule has 0 spiro atoms. The molecule has 0 saturated heterocycles. The number of nitrogens with one attached hydrogen (secondary N) is 2. The molecular weight excluding hydrogens is 498 g/mol. The number of amides is 1. The molecule has 3 aromatic carbocycles. The molecule has 0 fully saturated rings. The summed E-state index contributed by atoms with van der Waals surface area (Å²) in [6, 6.07) is 18.2. The molecule has 1 atom stereocenters. The van der Waals surface area contributed by atoms with E-state index in [9.17, 15) is 14.9 Å². The molecule has 0 saturated carbocycles. The van der Waals surface area contributed by atoms with Crippen LogP contribution >= 0.6 is 0 Å². The van der Waals surface area contributed by atoms with Gasteiger partial charge in [0.15, 0.2) is 11.5 Å². The van der Waals surface area contributed by atoms with E-state index in [1.807, 2.05) is 45.0 Å². The number of benzene rings is 3. The van der Waals surface area contributed by atoms with Crippen LogP contribution in [0, 0.1) is 10.1 Å². The predicted molar refractivity (Wildman–Crippen MR) is 151 cm³/mol. The maximum absolute atomic E-state index is 13.6. The summed E-state index contributed by atoms with van der Waals surface area (Å²) < 4.78 is 11.7. The van der Waals surface area contributed by atoms with Crippen LogP contribution < -0.4 is 25.8 Å². The van der Waals surface area contributed by atoms with Gasteiger partial charge in [-0.3, -0.25) is 14.9 Å². The number of anilines is 2. The van der Waals surface area contributed by atoms with Gasteiger partial charge in [-0.1, -0.05) is 24.3 Å². The van der Waals surface area contributed by atoms with E-state index in [0.717, 1.165) is 10.8 Å². The lowest BCUT2D eigenvalue weighted by molar-refractivity contribution is -0.385. The van der Waals surface area contributed by atoms with Crippen molar-refractivity contribution in [1.82, 2.24) is 10.3 Å². The molecule has 4 N–H and O–H groups in total. The first kappa shape index (κ1) is 27.2. The second-order valence-corrected chi connectivity index (χ2v) is 9.12. The van der Waals surface area contributed by atoms with Gasteiger partial charge in [-0.2, -0.15) is 0 Å². The number of carbonyl (C=O) groups is 1. The van der Waals surface area contributed by atoms with Gasteiger partial charge in [0.25, 0.3) is 5.69 Å². The van der Waals surface area contributed by atoms with Crippen LogP contribution in [0.25, 0.3) is 10.8 Å². The van der Waals surface area contributed by atoms with Gasteiger partial charge in [0.05, 0.1) is 17.6 Å². The van der Waals surface area contributed by atoms with Crippen LogP contribution in [0.3, 0.4) is 0 Å². The molecule has 39 heavy (non-hydrogen) atoms. The van der Waals surface area contributed by atoms with E-state index in [2.05, 4.69) is 15.6 Å². The highest BCUT2D eigenvalue weighted by atomic mass is 16.6. The van der Waals surface area contributed by atoms with Crippen LogP contribution in [0.2, 0.25) is 0 Å². The van der Waals surface area contributed by atoms with Crippen molar-refractivity contribution in [2.45, 2.75) is 39.5 Å². The first-order valence-electron chi connectivity index (χ1n) is 12.6. The van der Waals surface area contributed by atoms with Crippen molar-refractivity contribution in [3.8, 4) is 11.5 Å². The Labute approximate surface area is 226 Å². The number of rotatable bonds is 11. The van der Waals surface area contributed by atoms with E-state index >= 15 is 0 Å². The SMILES string of the molecule is CCOc1cc(C(Nc2ccc3c(N)nccc3c2)C(=O)NCc2ccccc2[N+](=O)[O-])ccc1OC(C)C. The van der Waals surface area contributed by atoms with Crippen molar-refractivity contribution in [2.24, 2.45) is 0 Å². The van der Waals surface area contributed by atoms with Gasteiger partial charge in [-0.15, -0.1) is 0 Å². The number of nitrogens with zero attached hydrogens (tertiary/aromatic N) is 2. The van der Waals surface area contributed by atoms with Crippen LogP contribution in [-0.2, 0) is 11.3 Å².